The van der Waals surface area contributed by atoms with Gasteiger partial charge in [-0.1, -0.05) is 0 Å². The Hall–Kier alpha value is -1.31. The Morgan fingerprint density at radius 2 is 1.85 bits per heavy atom. The van der Waals surface area contributed by atoms with Crippen molar-refractivity contribution in [1.82, 2.24) is 9.97 Å². The molecule has 1 N–H and O–H groups in total. The van der Waals surface area contributed by atoms with Gasteiger partial charge in [0.25, 0.3) is 5.91 Å². The quantitative estimate of drug-likeness (QED) is 0.675. The normalized spacial score (nSPS) is 10.7. The van der Waals surface area contributed by atoms with Crippen LogP contribution < -0.4 is 5.32 Å². The molecule has 1 amide bonds. The highest BCUT2D eigenvalue weighted by Crippen LogP contribution is 2.32. The summed E-state index contributed by atoms with van der Waals surface area (Å²) in [5.41, 5.74) is 2.24. The van der Waals surface area contributed by atoms with Gasteiger partial charge in [0.1, 0.15) is 0 Å². The number of fused-ring (bicyclic) bond motifs is 1. The topological polar surface area (TPSA) is 54.9 Å². The number of anilines is 1. The van der Waals surface area contributed by atoms with Crippen LogP contribution in [0.1, 0.15) is 9.67 Å². The lowest BCUT2D eigenvalue weighted by Crippen LogP contribution is -2.10. The van der Waals surface area contributed by atoms with Gasteiger partial charge in [-0.2, -0.15) is 0 Å². The second kappa shape index (κ2) is 5.59. The van der Waals surface area contributed by atoms with E-state index >= 15 is 0 Å². The molecule has 100 valence electrons. The van der Waals surface area contributed by atoms with Crippen LogP contribution in [0.5, 0.6) is 0 Å². The zero-order valence-corrected chi connectivity index (χ0v) is 13.9. The first-order valence-corrected chi connectivity index (χ1v) is 8.01. The molecule has 2 heterocycles. The van der Waals surface area contributed by atoms with Crippen LogP contribution in [0.2, 0.25) is 0 Å². The van der Waals surface area contributed by atoms with Crippen molar-refractivity contribution in [3.05, 3.63) is 49.8 Å². The summed E-state index contributed by atoms with van der Waals surface area (Å²) in [7, 11) is 0. The summed E-state index contributed by atoms with van der Waals surface area (Å²) in [5.74, 6) is -0.148. The molecule has 7 heteroatoms. The summed E-state index contributed by atoms with van der Waals surface area (Å²) in [5, 5.41) is 2.85. The number of carbonyl (C=O) groups is 1. The number of hydrogen-bond donors (Lipinski definition) is 1. The molecule has 4 nitrogen and oxygen atoms in total. The molecule has 0 unspecified atom stereocenters. The summed E-state index contributed by atoms with van der Waals surface area (Å²) in [4.78, 5) is 21.2. The van der Waals surface area contributed by atoms with E-state index in [0.29, 0.717) is 10.6 Å². The maximum Gasteiger partial charge on any atom is 0.265 e. The minimum Gasteiger partial charge on any atom is -0.321 e. The first kappa shape index (κ1) is 13.7. The van der Waals surface area contributed by atoms with Gasteiger partial charge in [0.2, 0.25) is 0 Å². The van der Waals surface area contributed by atoms with Crippen LogP contribution >= 0.6 is 43.2 Å². The second-order valence-electron chi connectivity index (χ2n) is 3.95. The van der Waals surface area contributed by atoms with Crippen molar-refractivity contribution in [3.8, 4) is 0 Å². The van der Waals surface area contributed by atoms with Crippen molar-refractivity contribution in [1.29, 1.82) is 0 Å². The van der Waals surface area contributed by atoms with E-state index < -0.39 is 0 Å². The highest BCUT2D eigenvalue weighted by Gasteiger charge is 2.12. The summed E-state index contributed by atoms with van der Waals surface area (Å²) >= 11 is 8.12. The summed E-state index contributed by atoms with van der Waals surface area (Å²) < 4.78 is 1.77. The molecular weight excluding hydrogens is 406 g/mol. The Labute approximate surface area is 135 Å². The van der Waals surface area contributed by atoms with Gasteiger partial charge in [-0.05, 0) is 56.1 Å². The molecule has 3 rings (SSSR count). The number of halogens is 2. The summed E-state index contributed by atoms with van der Waals surface area (Å²) in [6.45, 7) is 0. The zero-order valence-electron chi connectivity index (χ0n) is 9.93. The van der Waals surface area contributed by atoms with Gasteiger partial charge < -0.3 is 5.32 Å². The van der Waals surface area contributed by atoms with E-state index in [1.54, 1.807) is 24.5 Å². The number of rotatable bonds is 2. The molecule has 0 spiro atoms. The number of thiophene rings is 1. The first-order chi connectivity index (χ1) is 9.63. The van der Waals surface area contributed by atoms with E-state index in [-0.39, 0.29) is 5.91 Å². The number of carbonyl (C=O) groups excluding carboxylic acids is 1. The molecular formula is C13H7Br2N3OS. The van der Waals surface area contributed by atoms with E-state index in [1.807, 2.05) is 12.1 Å². The second-order valence-corrected chi connectivity index (χ2v) is 7.17. The van der Waals surface area contributed by atoms with Gasteiger partial charge in [-0.25, -0.2) is 0 Å². The predicted molar refractivity (Wildman–Crippen MR) is 87.2 cm³/mol. The monoisotopic (exact) mass is 411 g/mol. The van der Waals surface area contributed by atoms with Gasteiger partial charge in [0.05, 0.1) is 19.7 Å². The van der Waals surface area contributed by atoms with Crippen molar-refractivity contribution in [2.45, 2.75) is 0 Å². The van der Waals surface area contributed by atoms with Crippen LogP contribution in [-0.4, -0.2) is 15.9 Å². The molecule has 0 radical (unpaired) electrons. The Kier molecular flexibility index (Phi) is 3.82. The summed E-state index contributed by atoms with van der Waals surface area (Å²) in [6, 6.07) is 7.23. The first-order valence-electron chi connectivity index (χ1n) is 5.60. The molecule has 0 aliphatic carbocycles. The molecule has 0 bridgehead atoms. The van der Waals surface area contributed by atoms with Crippen LogP contribution in [0.3, 0.4) is 0 Å². The Bertz CT molecular complexity index is 784. The third-order valence-corrected chi connectivity index (χ3v) is 5.85. The Balaban J connectivity index is 1.87. The Morgan fingerprint density at radius 3 is 2.55 bits per heavy atom. The lowest BCUT2D eigenvalue weighted by molar-refractivity contribution is 0.103. The maximum atomic E-state index is 12.1. The predicted octanol–water partition coefficient (Wildman–Crippen LogP) is 4.47. The highest BCUT2D eigenvalue weighted by atomic mass is 79.9. The van der Waals surface area contributed by atoms with Crippen LogP contribution in [0.4, 0.5) is 5.69 Å². The van der Waals surface area contributed by atoms with E-state index in [2.05, 4.69) is 47.1 Å². The van der Waals surface area contributed by atoms with Crippen molar-refractivity contribution in [2.24, 2.45) is 0 Å². The minimum atomic E-state index is -0.148. The number of benzene rings is 1. The van der Waals surface area contributed by atoms with Gasteiger partial charge >= 0.3 is 0 Å². The van der Waals surface area contributed by atoms with Crippen LogP contribution in [0.25, 0.3) is 11.0 Å². The van der Waals surface area contributed by atoms with Gasteiger partial charge in [-0.3, -0.25) is 14.8 Å². The fourth-order valence-electron chi connectivity index (χ4n) is 1.69. The number of hydrogen-bond acceptors (Lipinski definition) is 4. The van der Waals surface area contributed by atoms with E-state index in [1.165, 1.54) is 11.3 Å². The smallest absolute Gasteiger partial charge is 0.265 e. The number of nitrogens with one attached hydrogen (secondary N) is 1. The number of aromatic nitrogens is 2. The molecule has 3 aromatic rings. The number of amides is 1. The molecule has 20 heavy (non-hydrogen) atoms. The van der Waals surface area contributed by atoms with Crippen LogP contribution in [-0.2, 0) is 0 Å². The lowest BCUT2D eigenvalue weighted by atomic mass is 10.2. The van der Waals surface area contributed by atoms with Crippen LogP contribution in [0, 0.1) is 0 Å². The van der Waals surface area contributed by atoms with Gasteiger partial charge in [-0.15, -0.1) is 11.3 Å². The highest BCUT2D eigenvalue weighted by molar-refractivity contribution is 9.13. The SMILES string of the molecule is O=C(Nc1ccc2nccnc2c1)c1cc(Br)c(Br)s1. The third-order valence-electron chi connectivity index (χ3n) is 2.60. The zero-order chi connectivity index (χ0) is 14.1. The molecule has 0 saturated heterocycles. The van der Waals surface area contributed by atoms with Gasteiger partial charge in [0.15, 0.2) is 0 Å². The summed E-state index contributed by atoms with van der Waals surface area (Å²) in [6.07, 6.45) is 3.27. The van der Waals surface area contributed by atoms with Crippen molar-refractivity contribution < 1.29 is 4.79 Å². The number of nitrogens with zero attached hydrogens (tertiary/aromatic N) is 2. The fraction of sp³-hybridized carbons (Fsp3) is 0. The Morgan fingerprint density at radius 1 is 1.10 bits per heavy atom. The van der Waals surface area contributed by atoms with E-state index in [9.17, 15) is 4.79 Å². The molecule has 0 saturated carbocycles. The van der Waals surface area contributed by atoms with Crippen molar-refractivity contribution in [3.63, 3.8) is 0 Å². The minimum absolute atomic E-state index is 0.148. The largest absolute Gasteiger partial charge is 0.321 e. The molecule has 0 fully saturated rings. The van der Waals surface area contributed by atoms with Crippen molar-refractivity contribution in [2.75, 3.05) is 5.32 Å². The van der Waals surface area contributed by atoms with Crippen molar-refractivity contribution >= 4 is 65.8 Å². The molecule has 1 aromatic carbocycles. The maximum absolute atomic E-state index is 12.1. The fourth-order valence-corrected chi connectivity index (χ4v) is 3.62. The molecule has 0 aliphatic rings. The van der Waals surface area contributed by atoms with E-state index in [0.717, 1.165) is 19.3 Å². The average molecular weight is 413 g/mol. The standard InChI is InChI=1S/C13H7Br2N3OS/c14-8-6-11(20-12(8)15)13(19)18-7-1-2-9-10(5-7)17-4-3-16-9/h1-6H,(H,18,19). The lowest BCUT2D eigenvalue weighted by Gasteiger charge is -2.04. The molecule has 0 atom stereocenters. The van der Waals surface area contributed by atoms with Crippen LogP contribution in [0.15, 0.2) is 44.9 Å². The molecule has 2 aromatic heterocycles. The van der Waals surface area contributed by atoms with E-state index in [4.69, 9.17) is 0 Å². The average Bonchev–Trinajstić information content (AvgIpc) is 2.79. The van der Waals surface area contributed by atoms with Gasteiger partial charge in [0, 0.05) is 22.6 Å². The third kappa shape index (κ3) is 2.74. The molecule has 0 aliphatic heterocycles.